The first kappa shape index (κ1) is 18.4. The van der Waals surface area contributed by atoms with Gasteiger partial charge in [0.2, 0.25) is 5.95 Å². The number of anilines is 1. The first-order valence-corrected chi connectivity index (χ1v) is 9.98. The number of hydrogen-bond acceptors (Lipinski definition) is 5. The molecule has 5 rings (SSSR count). The van der Waals surface area contributed by atoms with Crippen LogP contribution in [0.3, 0.4) is 0 Å². The molecule has 0 amide bonds. The summed E-state index contributed by atoms with van der Waals surface area (Å²) in [4.78, 5) is 30.3. The third-order valence-electron chi connectivity index (χ3n) is 5.64. The summed E-state index contributed by atoms with van der Waals surface area (Å²) in [7, 11) is 1.65. The molecule has 0 fully saturated rings. The lowest BCUT2D eigenvalue weighted by molar-refractivity contribution is 0.634. The van der Waals surface area contributed by atoms with Crippen LogP contribution in [0.1, 0.15) is 19.4 Å². The van der Waals surface area contributed by atoms with Gasteiger partial charge >= 0.3 is 5.69 Å². The van der Waals surface area contributed by atoms with Crippen molar-refractivity contribution in [3.8, 4) is 0 Å². The van der Waals surface area contributed by atoms with E-state index in [0.717, 1.165) is 22.0 Å². The minimum absolute atomic E-state index is 0.311. The molecule has 152 valence electrons. The SMILES string of the molecule is CCn1c(=O)c2c(nc3n2CC(C)=NN3Cc2cccc3ccccc23)n(C)c1=O. The molecule has 0 N–H and O–H groups in total. The highest BCUT2D eigenvalue weighted by atomic mass is 16.2. The summed E-state index contributed by atoms with van der Waals surface area (Å²) in [6.07, 6.45) is 0. The molecule has 0 radical (unpaired) electrons. The maximum absolute atomic E-state index is 13.0. The number of hydrogen-bond donors (Lipinski definition) is 0. The lowest BCUT2D eigenvalue weighted by Gasteiger charge is -2.25. The molecule has 2 aromatic carbocycles. The van der Waals surface area contributed by atoms with E-state index in [-0.39, 0.29) is 11.2 Å². The Bertz CT molecular complexity index is 1450. The number of nitrogens with zero attached hydrogens (tertiary/aromatic N) is 6. The fourth-order valence-electron chi connectivity index (χ4n) is 4.19. The van der Waals surface area contributed by atoms with Crippen molar-refractivity contribution in [2.75, 3.05) is 5.01 Å². The van der Waals surface area contributed by atoms with Crippen molar-refractivity contribution in [3.63, 3.8) is 0 Å². The number of benzene rings is 2. The van der Waals surface area contributed by atoms with Crippen LogP contribution in [0.15, 0.2) is 57.2 Å². The summed E-state index contributed by atoms with van der Waals surface area (Å²) < 4.78 is 4.56. The van der Waals surface area contributed by atoms with E-state index in [4.69, 9.17) is 5.10 Å². The Morgan fingerprint density at radius 3 is 2.63 bits per heavy atom. The second-order valence-corrected chi connectivity index (χ2v) is 7.59. The molecule has 4 aromatic rings. The first-order chi connectivity index (χ1) is 14.5. The molecule has 1 aliphatic rings. The zero-order valence-corrected chi connectivity index (χ0v) is 17.2. The Hall–Kier alpha value is -3.68. The number of hydrazone groups is 1. The number of aromatic nitrogens is 4. The summed E-state index contributed by atoms with van der Waals surface area (Å²) in [5.41, 5.74) is 2.14. The van der Waals surface area contributed by atoms with E-state index in [9.17, 15) is 9.59 Å². The van der Waals surface area contributed by atoms with Gasteiger partial charge in [0.15, 0.2) is 11.2 Å². The van der Waals surface area contributed by atoms with Crippen LogP contribution in [0.5, 0.6) is 0 Å². The largest absolute Gasteiger partial charge is 0.332 e. The van der Waals surface area contributed by atoms with Gasteiger partial charge in [-0.25, -0.2) is 9.80 Å². The second-order valence-electron chi connectivity index (χ2n) is 7.59. The Balaban J connectivity index is 1.71. The topological polar surface area (TPSA) is 77.4 Å². The van der Waals surface area contributed by atoms with Gasteiger partial charge < -0.3 is 0 Å². The number of aryl methyl sites for hydroxylation is 1. The van der Waals surface area contributed by atoms with Gasteiger partial charge in [0.1, 0.15) is 0 Å². The van der Waals surface area contributed by atoms with E-state index in [0.29, 0.717) is 36.7 Å². The molecule has 1 aliphatic heterocycles. The molecule has 8 nitrogen and oxygen atoms in total. The van der Waals surface area contributed by atoms with Gasteiger partial charge in [-0.15, -0.1) is 0 Å². The summed E-state index contributed by atoms with van der Waals surface area (Å²) in [5.74, 6) is 0.574. The highest BCUT2D eigenvalue weighted by molar-refractivity contribution is 5.89. The lowest BCUT2D eigenvalue weighted by Crippen LogP contribution is -2.39. The standard InChI is InChI=1S/C22H22N6O2/c1-4-26-20(29)18-19(25(3)22(26)30)23-21-27(18)12-14(2)24-28(21)13-16-10-7-9-15-8-5-6-11-17(15)16/h5-11H,4,12-13H2,1-3H3. The summed E-state index contributed by atoms with van der Waals surface area (Å²) in [6, 6.07) is 14.4. The van der Waals surface area contributed by atoms with E-state index < -0.39 is 0 Å². The minimum Gasteiger partial charge on any atom is -0.297 e. The van der Waals surface area contributed by atoms with E-state index in [1.807, 2.05) is 34.7 Å². The smallest absolute Gasteiger partial charge is 0.297 e. The third kappa shape index (κ3) is 2.60. The molecule has 3 heterocycles. The highest BCUT2D eigenvalue weighted by Gasteiger charge is 2.26. The van der Waals surface area contributed by atoms with Crippen molar-refractivity contribution in [1.29, 1.82) is 0 Å². The highest BCUT2D eigenvalue weighted by Crippen LogP contribution is 2.27. The van der Waals surface area contributed by atoms with Gasteiger partial charge in [0.25, 0.3) is 5.56 Å². The van der Waals surface area contributed by atoms with Crippen LogP contribution in [0, 0.1) is 0 Å². The van der Waals surface area contributed by atoms with Gasteiger partial charge in [-0.2, -0.15) is 10.1 Å². The van der Waals surface area contributed by atoms with E-state index in [1.54, 1.807) is 14.0 Å². The molecule has 0 unspecified atom stereocenters. The van der Waals surface area contributed by atoms with E-state index in [2.05, 4.69) is 29.2 Å². The van der Waals surface area contributed by atoms with E-state index >= 15 is 0 Å². The molecule has 0 saturated heterocycles. The molecule has 30 heavy (non-hydrogen) atoms. The summed E-state index contributed by atoms with van der Waals surface area (Å²) in [5, 5.41) is 8.85. The van der Waals surface area contributed by atoms with Crippen LogP contribution in [0.2, 0.25) is 0 Å². The van der Waals surface area contributed by atoms with E-state index in [1.165, 1.54) is 9.13 Å². The van der Waals surface area contributed by atoms with Gasteiger partial charge in [-0.3, -0.25) is 18.5 Å². The average Bonchev–Trinajstić information content (AvgIpc) is 3.13. The number of fused-ring (bicyclic) bond motifs is 4. The van der Waals surface area contributed by atoms with Crippen molar-refractivity contribution in [2.24, 2.45) is 12.1 Å². The van der Waals surface area contributed by atoms with Crippen LogP contribution >= 0.6 is 0 Å². The lowest BCUT2D eigenvalue weighted by atomic mass is 10.0. The average molecular weight is 402 g/mol. The third-order valence-corrected chi connectivity index (χ3v) is 5.64. The minimum atomic E-state index is -0.358. The number of imidazole rings is 1. The fraction of sp³-hybridized carbons (Fsp3) is 0.273. The van der Waals surface area contributed by atoms with Crippen LogP contribution in [-0.4, -0.2) is 24.4 Å². The number of rotatable bonds is 3. The maximum Gasteiger partial charge on any atom is 0.332 e. The quantitative estimate of drug-likeness (QED) is 0.527. The second kappa shape index (κ2) is 6.69. The zero-order chi connectivity index (χ0) is 21.0. The van der Waals surface area contributed by atoms with Crippen molar-refractivity contribution >= 4 is 33.6 Å². The molecule has 8 heteroatoms. The Morgan fingerprint density at radius 2 is 1.83 bits per heavy atom. The Labute approximate surface area is 172 Å². The Kier molecular flexibility index (Phi) is 4.09. The molecule has 0 spiro atoms. The van der Waals surface area contributed by atoms with Gasteiger partial charge in [0.05, 0.1) is 18.8 Å². The van der Waals surface area contributed by atoms with Crippen LogP contribution in [-0.2, 0) is 26.7 Å². The fourth-order valence-corrected chi connectivity index (χ4v) is 4.19. The monoisotopic (exact) mass is 402 g/mol. The molecular formula is C22H22N6O2. The van der Waals surface area contributed by atoms with Gasteiger partial charge in [-0.1, -0.05) is 42.5 Å². The predicted octanol–water partition coefficient (Wildman–Crippen LogP) is 2.47. The van der Waals surface area contributed by atoms with Crippen molar-refractivity contribution in [3.05, 3.63) is 68.9 Å². The van der Waals surface area contributed by atoms with Crippen molar-refractivity contribution in [2.45, 2.75) is 33.5 Å². The summed E-state index contributed by atoms with van der Waals surface area (Å²) >= 11 is 0. The van der Waals surface area contributed by atoms with Crippen molar-refractivity contribution < 1.29 is 0 Å². The van der Waals surface area contributed by atoms with Gasteiger partial charge in [0, 0.05) is 13.6 Å². The summed E-state index contributed by atoms with van der Waals surface area (Å²) in [6.45, 7) is 5.02. The van der Waals surface area contributed by atoms with Crippen LogP contribution in [0.25, 0.3) is 21.9 Å². The first-order valence-electron chi connectivity index (χ1n) is 9.98. The molecular weight excluding hydrogens is 380 g/mol. The van der Waals surface area contributed by atoms with Crippen LogP contribution < -0.4 is 16.3 Å². The van der Waals surface area contributed by atoms with Crippen LogP contribution in [0.4, 0.5) is 5.95 Å². The molecule has 2 aromatic heterocycles. The molecule has 0 aliphatic carbocycles. The van der Waals surface area contributed by atoms with Gasteiger partial charge in [-0.05, 0) is 30.2 Å². The molecule has 0 atom stereocenters. The Morgan fingerprint density at radius 1 is 1.07 bits per heavy atom. The normalized spacial score (nSPS) is 13.7. The van der Waals surface area contributed by atoms with Crippen molar-refractivity contribution in [1.82, 2.24) is 18.7 Å². The zero-order valence-electron chi connectivity index (χ0n) is 17.2. The predicted molar refractivity (Wildman–Crippen MR) is 118 cm³/mol. The molecule has 0 saturated carbocycles. The molecule has 0 bridgehead atoms. The maximum atomic E-state index is 13.0.